The lowest BCUT2D eigenvalue weighted by molar-refractivity contribution is -0.137. The van der Waals surface area contributed by atoms with E-state index in [-0.39, 0.29) is 0 Å². The van der Waals surface area contributed by atoms with Crippen molar-refractivity contribution >= 4 is 27.2 Å². The SMILES string of the molecule is Cc1ccc(N)c(-c2nc3cc(C(F)(F)F)ccc3s2)c1. The quantitative estimate of drug-likeness (QED) is 0.651. The summed E-state index contributed by atoms with van der Waals surface area (Å²) in [7, 11) is 0. The third-order valence-corrected chi connectivity index (χ3v) is 4.22. The molecule has 3 aromatic rings. The van der Waals surface area contributed by atoms with E-state index < -0.39 is 11.7 Å². The van der Waals surface area contributed by atoms with E-state index in [0.717, 1.165) is 23.3 Å². The molecule has 0 amide bonds. The van der Waals surface area contributed by atoms with E-state index in [1.165, 1.54) is 17.4 Å². The van der Waals surface area contributed by atoms with Crippen LogP contribution in [0, 0.1) is 6.92 Å². The van der Waals surface area contributed by atoms with Crippen molar-refractivity contribution in [2.24, 2.45) is 0 Å². The smallest absolute Gasteiger partial charge is 0.398 e. The van der Waals surface area contributed by atoms with Crippen LogP contribution in [0.1, 0.15) is 11.1 Å². The summed E-state index contributed by atoms with van der Waals surface area (Å²) in [6.45, 7) is 1.93. The van der Waals surface area contributed by atoms with Crippen molar-refractivity contribution in [2.75, 3.05) is 5.73 Å². The fourth-order valence-corrected chi connectivity index (χ4v) is 3.06. The first-order valence-corrected chi connectivity index (χ1v) is 7.00. The minimum absolute atomic E-state index is 0.339. The first-order valence-electron chi connectivity index (χ1n) is 6.19. The van der Waals surface area contributed by atoms with Crippen LogP contribution >= 0.6 is 11.3 Å². The Kier molecular flexibility index (Phi) is 3.13. The summed E-state index contributed by atoms with van der Waals surface area (Å²) in [5, 5.41) is 0.630. The molecule has 0 aliphatic heterocycles. The average Bonchev–Trinajstić information content (AvgIpc) is 2.83. The Morgan fingerprint density at radius 1 is 1.10 bits per heavy atom. The highest BCUT2D eigenvalue weighted by molar-refractivity contribution is 7.21. The lowest BCUT2D eigenvalue weighted by Crippen LogP contribution is -2.03. The molecular weight excluding hydrogens is 297 g/mol. The molecule has 2 aromatic carbocycles. The van der Waals surface area contributed by atoms with Crippen molar-refractivity contribution in [3.63, 3.8) is 0 Å². The fraction of sp³-hybridized carbons (Fsp3) is 0.133. The van der Waals surface area contributed by atoms with Crippen LogP contribution in [0.4, 0.5) is 18.9 Å². The van der Waals surface area contributed by atoms with E-state index in [9.17, 15) is 13.2 Å². The van der Waals surface area contributed by atoms with Gasteiger partial charge in [0.05, 0.1) is 15.8 Å². The molecule has 2 N–H and O–H groups in total. The van der Waals surface area contributed by atoms with E-state index in [4.69, 9.17) is 5.73 Å². The zero-order valence-corrected chi connectivity index (χ0v) is 11.8. The summed E-state index contributed by atoms with van der Waals surface area (Å²) < 4.78 is 38.9. The summed E-state index contributed by atoms with van der Waals surface area (Å²) in [5.74, 6) is 0. The summed E-state index contributed by atoms with van der Waals surface area (Å²) in [4.78, 5) is 4.30. The van der Waals surface area contributed by atoms with Crippen LogP contribution in [-0.4, -0.2) is 4.98 Å². The predicted octanol–water partition coefficient (Wildman–Crippen LogP) is 4.87. The third kappa shape index (κ3) is 2.58. The van der Waals surface area contributed by atoms with Gasteiger partial charge in [0, 0.05) is 11.3 Å². The Morgan fingerprint density at radius 3 is 2.57 bits per heavy atom. The van der Waals surface area contributed by atoms with Gasteiger partial charge in [0.2, 0.25) is 0 Å². The lowest BCUT2D eigenvalue weighted by Gasteiger charge is -2.04. The van der Waals surface area contributed by atoms with Crippen LogP contribution < -0.4 is 5.73 Å². The molecule has 21 heavy (non-hydrogen) atoms. The van der Waals surface area contributed by atoms with Crippen molar-refractivity contribution in [3.8, 4) is 10.6 Å². The highest BCUT2D eigenvalue weighted by atomic mass is 32.1. The molecule has 0 unspecified atom stereocenters. The molecule has 0 fully saturated rings. The average molecular weight is 308 g/mol. The van der Waals surface area contributed by atoms with Crippen molar-refractivity contribution in [2.45, 2.75) is 13.1 Å². The van der Waals surface area contributed by atoms with Gasteiger partial charge in [-0.1, -0.05) is 11.6 Å². The number of rotatable bonds is 1. The second-order valence-corrected chi connectivity index (χ2v) is 5.82. The maximum Gasteiger partial charge on any atom is 0.416 e. The fourth-order valence-electron chi connectivity index (χ4n) is 2.07. The van der Waals surface area contributed by atoms with Crippen LogP contribution in [0.3, 0.4) is 0 Å². The van der Waals surface area contributed by atoms with Crippen molar-refractivity contribution < 1.29 is 13.2 Å². The maximum atomic E-state index is 12.7. The summed E-state index contributed by atoms with van der Waals surface area (Å²) in [6, 6.07) is 9.14. The predicted molar refractivity (Wildman–Crippen MR) is 79.2 cm³/mol. The number of alkyl halides is 3. The van der Waals surface area contributed by atoms with Gasteiger partial charge in [-0.3, -0.25) is 0 Å². The highest BCUT2D eigenvalue weighted by Crippen LogP contribution is 2.37. The number of nitrogens with two attached hydrogens (primary N) is 1. The molecule has 1 aromatic heterocycles. The third-order valence-electron chi connectivity index (χ3n) is 3.15. The van der Waals surface area contributed by atoms with Gasteiger partial charge in [-0.2, -0.15) is 13.2 Å². The second-order valence-electron chi connectivity index (χ2n) is 4.79. The molecule has 0 aliphatic rings. The van der Waals surface area contributed by atoms with Crippen LogP contribution in [0.2, 0.25) is 0 Å². The number of nitrogen functional groups attached to an aromatic ring is 1. The van der Waals surface area contributed by atoms with Gasteiger partial charge < -0.3 is 5.73 Å². The number of fused-ring (bicyclic) bond motifs is 1. The number of hydrogen-bond donors (Lipinski definition) is 1. The monoisotopic (exact) mass is 308 g/mol. The van der Waals surface area contributed by atoms with Crippen molar-refractivity contribution in [1.82, 2.24) is 4.98 Å². The largest absolute Gasteiger partial charge is 0.416 e. The van der Waals surface area contributed by atoms with Gasteiger partial charge in [0.1, 0.15) is 5.01 Å². The standard InChI is InChI=1S/C15H11F3N2S/c1-8-2-4-11(19)10(6-8)14-20-12-7-9(15(16,17)18)3-5-13(12)21-14/h2-7H,19H2,1H3. The molecule has 0 bridgehead atoms. The van der Waals surface area contributed by atoms with E-state index >= 15 is 0 Å². The number of halogens is 3. The molecular formula is C15H11F3N2S. The number of nitrogens with zero attached hydrogens (tertiary/aromatic N) is 1. The van der Waals surface area contributed by atoms with Crippen molar-refractivity contribution in [3.05, 3.63) is 47.5 Å². The van der Waals surface area contributed by atoms with Crippen LogP contribution in [-0.2, 0) is 6.18 Å². The molecule has 2 nitrogen and oxygen atoms in total. The highest BCUT2D eigenvalue weighted by Gasteiger charge is 2.30. The topological polar surface area (TPSA) is 38.9 Å². The van der Waals surface area contributed by atoms with E-state index in [1.807, 2.05) is 19.1 Å². The van der Waals surface area contributed by atoms with Gasteiger partial charge in [-0.05, 0) is 37.3 Å². The summed E-state index contributed by atoms with van der Waals surface area (Å²) in [5.41, 5.74) is 7.92. The zero-order chi connectivity index (χ0) is 15.2. The molecule has 0 saturated heterocycles. The molecule has 108 valence electrons. The summed E-state index contributed by atoms with van der Waals surface area (Å²) in [6.07, 6.45) is -4.36. The van der Waals surface area contributed by atoms with E-state index in [2.05, 4.69) is 4.98 Å². The zero-order valence-electron chi connectivity index (χ0n) is 11.0. The Labute approximate surface area is 123 Å². The molecule has 0 saturated carbocycles. The molecule has 0 aliphatic carbocycles. The Hall–Kier alpha value is -2.08. The lowest BCUT2D eigenvalue weighted by atomic mass is 10.1. The maximum absolute atomic E-state index is 12.7. The second kappa shape index (κ2) is 4.73. The normalized spacial score (nSPS) is 12.0. The van der Waals surface area contributed by atoms with Gasteiger partial charge in [-0.15, -0.1) is 11.3 Å². The van der Waals surface area contributed by atoms with Crippen LogP contribution in [0.15, 0.2) is 36.4 Å². The number of aromatic nitrogens is 1. The van der Waals surface area contributed by atoms with Gasteiger partial charge in [-0.25, -0.2) is 4.98 Å². The van der Waals surface area contributed by atoms with Gasteiger partial charge in [0.15, 0.2) is 0 Å². The van der Waals surface area contributed by atoms with E-state index in [1.54, 1.807) is 6.07 Å². The Balaban J connectivity index is 2.15. The number of hydrogen-bond acceptors (Lipinski definition) is 3. The number of benzene rings is 2. The minimum Gasteiger partial charge on any atom is -0.398 e. The van der Waals surface area contributed by atoms with Crippen LogP contribution in [0.25, 0.3) is 20.8 Å². The molecule has 6 heteroatoms. The van der Waals surface area contributed by atoms with Gasteiger partial charge >= 0.3 is 6.18 Å². The minimum atomic E-state index is -4.36. The number of thiazole rings is 1. The molecule has 0 spiro atoms. The summed E-state index contributed by atoms with van der Waals surface area (Å²) >= 11 is 1.33. The number of anilines is 1. The molecule has 0 radical (unpaired) electrons. The van der Waals surface area contributed by atoms with Crippen LogP contribution in [0.5, 0.6) is 0 Å². The first-order chi connectivity index (χ1) is 9.84. The number of aryl methyl sites for hydroxylation is 1. The van der Waals surface area contributed by atoms with E-state index in [0.29, 0.717) is 20.9 Å². The Morgan fingerprint density at radius 2 is 1.86 bits per heavy atom. The van der Waals surface area contributed by atoms with Crippen molar-refractivity contribution in [1.29, 1.82) is 0 Å². The van der Waals surface area contributed by atoms with Gasteiger partial charge in [0.25, 0.3) is 0 Å². The first kappa shape index (κ1) is 13.9. The molecule has 1 heterocycles. The Bertz CT molecular complexity index is 821. The molecule has 3 rings (SSSR count). The molecule has 0 atom stereocenters.